The van der Waals surface area contributed by atoms with Gasteiger partial charge in [-0.2, -0.15) is 15.5 Å². The monoisotopic (exact) mass is 203 g/mol. The summed E-state index contributed by atoms with van der Waals surface area (Å²) >= 11 is 0. The molecule has 0 saturated heterocycles. The molecule has 0 aliphatic rings. The van der Waals surface area contributed by atoms with Crippen molar-refractivity contribution in [2.24, 2.45) is 10.2 Å². The quantitative estimate of drug-likeness (QED) is 0.555. The van der Waals surface area contributed by atoms with Crippen LogP contribution in [-0.2, 0) is 9.53 Å². The summed E-state index contributed by atoms with van der Waals surface area (Å²) in [7, 11) is 1.20. The molecule has 0 amide bonds. The zero-order valence-corrected chi connectivity index (χ0v) is 8.12. The van der Waals surface area contributed by atoms with Gasteiger partial charge in [0.2, 0.25) is 0 Å². The smallest absolute Gasteiger partial charge is 0.347 e. The molecule has 0 bridgehead atoms. The molecule has 0 radical (unpaired) electrons. The molecule has 0 aromatic heterocycles. The van der Waals surface area contributed by atoms with Gasteiger partial charge < -0.3 is 4.74 Å². The van der Waals surface area contributed by atoms with Gasteiger partial charge in [0.05, 0.1) is 12.8 Å². The Labute approximate surface area is 87.0 Å². The molecular weight excluding hydrogens is 194 g/mol. The van der Waals surface area contributed by atoms with Crippen molar-refractivity contribution in [3.63, 3.8) is 0 Å². The molecule has 5 nitrogen and oxygen atoms in total. The molecule has 0 heterocycles. The highest BCUT2D eigenvalue weighted by molar-refractivity contribution is 5.78. The molecule has 1 atom stereocenters. The molecule has 1 unspecified atom stereocenters. The Bertz CT molecular complexity index is 395. The average molecular weight is 203 g/mol. The summed E-state index contributed by atoms with van der Waals surface area (Å²) in [6, 6.07) is 9.33. The molecule has 1 aromatic carbocycles. The van der Waals surface area contributed by atoms with Crippen molar-refractivity contribution in [3.05, 3.63) is 30.3 Å². The molecule has 1 rings (SSSR count). The molecule has 1 aromatic rings. The van der Waals surface area contributed by atoms with Gasteiger partial charge in [0.1, 0.15) is 6.07 Å². The maximum absolute atomic E-state index is 11.0. The van der Waals surface area contributed by atoms with E-state index >= 15 is 0 Å². The van der Waals surface area contributed by atoms with E-state index in [1.165, 1.54) is 7.11 Å². The van der Waals surface area contributed by atoms with Crippen LogP contribution >= 0.6 is 0 Å². The summed E-state index contributed by atoms with van der Waals surface area (Å²) in [5, 5.41) is 15.9. The van der Waals surface area contributed by atoms with Crippen molar-refractivity contribution in [1.82, 2.24) is 0 Å². The second kappa shape index (κ2) is 5.50. The fourth-order valence-electron chi connectivity index (χ4n) is 0.856. The first-order chi connectivity index (χ1) is 7.27. The lowest BCUT2D eigenvalue weighted by Crippen LogP contribution is -2.17. The van der Waals surface area contributed by atoms with E-state index in [9.17, 15) is 4.79 Å². The molecule has 0 fully saturated rings. The van der Waals surface area contributed by atoms with Gasteiger partial charge in [0, 0.05) is 0 Å². The minimum Gasteiger partial charge on any atom is -0.467 e. The first kappa shape index (κ1) is 10.9. The number of hydrogen-bond donors (Lipinski definition) is 0. The number of nitriles is 1. The van der Waals surface area contributed by atoms with Gasteiger partial charge in [-0.1, -0.05) is 18.2 Å². The number of carbonyl (C=O) groups excluding carboxylic acids is 1. The third-order valence-corrected chi connectivity index (χ3v) is 1.59. The van der Waals surface area contributed by atoms with Gasteiger partial charge in [-0.05, 0) is 12.1 Å². The molecule has 0 spiro atoms. The van der Waals surface area contributed by atoms with E-state index in [4.69, 9.17) is 5.26 Å². The van der Waals surface area contributed by atoms with E-state index in [0.717, 1.165) is 0 Å². The van der Waals surface area contributed by atoms with Crippen LogP contribution in [0.25, 0.3) is 0 Å². The molecule has 0 N–H and O–H groups in total. The Hall–Kier alpha value is -2.22. The fourth-order valence-corrected chi connectivity index (χ4v) is 0.856. The average Bonchev–Trinajstić information content (AvgIpc) is 2.31. The van der Waals surface area contributed by atoms with E-state index < -0.39 is 12.0 Å². The summed E-state index contributed by atoms with van der Waals surface area (Å²) < 4.78 is 4.38. The van der Waals surface area contributed by atoms with Gasteiger partial charge in [-0.15, -0.1) is 0 Å². The van der Waals surface area contributed by atoms with E-state index in [1.54, 1.807) is 30.3 Å². The maximum Gasteiger partial charge on any atom is 0.347 e. The third kappa shape index (κ3) is 3.19. The Balaban J connectivity index is 2.72. The highest BCUT2D eigenvalue weighted by atomic mass is 16.5. The molecule has 15 heavy (non-hydrogen) atoms. The number of methoxy groups -OCH3 is 1. The van der Waals surface area contributed by atoms with Crippen LogP contribution in [0.5, 0.6) is 0 Å². The summed E-state index contributed by atoms with van der Waals surface area (Å²) in [5.41, 5.74) is 0.585. The Morgan fingerprint density at radius 3 is 2.67 bits per heavy atom. The van der Waals surface area contributed by atoms with Crippen LogP contribution < -0.4 is 0 Å². The Morgan fingerprint density at radius 1 is 1.47 bits per heavy atom. The van der Waals surface area contributed by atoms with Crippen LogP contribution in [0.15, 0.2) is 40.6 Å². The lowest BCUT2D eigenvalue weighted by molar-refractivity contribution is -0.140. The van der Waals surface area contributed by atoms with Crippen molar-refractivity contribution >= 4 is 11.7 Å². The molecule has 0 saturated carbocycles. The molecule has 76 valence electrons. The van der Waals surface area contributed by atoms with Crippen LogP contribution in [0, 0.1) is 11.3 Å². The van der Waals surface area contributed by atoms with Gasteiger partial charge in [-0.25, -0.2) is 4.79 Å². The van der Waals surface area contributed by atoms with E-state index in [0.29, 0.717) is 5.69 Å². The number of hydrogen-bond acceptors (Lipinski definition) is 5. The second-order valence-corrected chi connectivity index (χ2v) is 2.61. The number of benzene rings is 1. The lowest BCUT2D eigenvalue weighted by Gasteiger charge is -1.98. The van der Waals surface area contributed by atoms with Crippen molar-refractivity contribution in [3.8, 4) is 6.07 Å². The summed E-state index contributed by atoms with van der Waals surface area (Å²) in [4.78, 5) is 11.0. The zero-order valence-electron chi connectivity index (χ0n) is 8.12. The van der Waals surface area contributed by atoms with Crippen molar-refractivity contribution in [2.45, 2.75) is 6.04 Å². The predicted octanol–water partition coefficient (Wildman–Crippen LogP) is 1.84. The highest BCUT2D eigenvalue weighted by Gasteiger charge is 2.16. The van der Waals surface area contributed by atoms with Crippen LogP contribution in [-0.4, -0.2) is 19.1 Å². The van der Waals surface area contributed by atoms with Gasteiger partial charge in [-0.3, -0.25) is 0 Å². The highest BCUT2D eigenvalue weighted by Crippen LogP contribution is 2.11. The SMILES string of the molecule is COC(=O)C(C#N)N=Nc1ccccc1. The van der Waals surface area contributed by atoms with Crippen molar-refractivity contribution in [1.29, 1.82) is 5.26 Å². The third-order valence-electron chi connectivity index (χ3n) is 1.59. The van der Waals surface area contributed by atoms with Crippen LogP contribution in [0.4, 0.5) is 5.69 Å². The summed E-state index contributed by atoms with van der Waals surface area (Å²) in [6.07, 6.45) is 0. The minimum absolute atomic E-state index is 0.585. The van der Waals surface area contributed by atoms with Gasteiger partial charge in [0.25, 0.3) is 6.04 Å². The van der Waals surface area contributed by atoms with Crippen molar-refractivity contribution < 1.29 is 9.53 Å². The number of nitrogens with zero attached hydrogens (tertiary/aromatic N) is 3. The second-order valence-electron chi connectivity index (χ2n) is 2.61. The topological polar surface area (TPSA) is 74.8 Å². The first-order valence-corrected chi connectivity index (χ1v) is 4.21. The normalized spacial score (nSPS) is 12.0. The molecular formula is C10H9N3O2. The van der Waals surface area contributed by atoms with Gasteiger partial charge >= 0.3 is 5.97 Å². The maximum atomic E-state index is 11.0. The lowest BCUT2D eigenvalue weighted by atomic mass is 10.3. The zero-order chi connectivity index (χ0) is 11.1. The van der Waals surface area contributed by atoms with Crippen molar-refractivity contribution in [2.75, 3.05) is 7.11 Å². The summed E-state index contributed by atoms with van der Waals surface area (Å²) in [6.45, 7) is 0. The largest absolute Gasteiger partial charge is 0.467 e. The number of carbonyl (C=O) groups is 1. The number of esters is 1. The van der Waals surface area contributed by atoms with E-state index in [2.05, 4.69) is 15.0 Å². The Morgan fingerprint density at radius 2 is 2.13 bits per heavy atom. The predicted molar refractivity (Wildman–Crippen MR) is 52.4 cm³/mol. The van der Waals surface area contributed by atoms with Crippen LogP contribution in [0.2, 0.25) is 0 Å². The fraction of sp³-hybridized carbons (Fsp3) is 0.200. The van der Waals surface area contributed by atoms with E-state index in [1.807, 2.05) is 6.07 Å². The van der Waals surface area contributed by atoms with E-state index in [-0.39, 0.29) is 0 Å². The summed E-state index contributed by atoms with van der Waals surface area (Å²) in [5.74, 6) is -0.711. The van der Waals surface area contributed by atoms with Crippen LogP contribution in [0.1, 0.15) is 0 Å². The number of azo groups is 1. The van der Waals surface area contributed by atoms with Gasteiger partial charge in [0.15, 0.2) is 0 Å². The molecule has 0 aliphatic carbocycles. The van der Waals surface area contributed by atoms with Crippen LogP contribution in [0.3, 0.4) is 0 Å². The molecule has 5 heteroatoms. The minimum atomic E-state index is -1.20. The molecule has 0 aliphatic heterocycles. The first-order valence-electron chi connectivity index (χ1n) is 4.21. The number of ether oxygens (including phenoxy) is 1. The Kier molecular flexibility index (Phi) is 3.98. The standard InChI is InChI=1S/C10H9N3O2/c1-15-10(14)9(7-11)13-12-8-5-3-2-4-6-8/h2-6,9H,1H3. The number of rotatable bonds is 3.